The molecule has 0 saturated heterocycles. The monoisotopic (exact) mass is 467 g/mol. The topological polar surface area (TPSA) is 89.2 Å². The van der Waals surface area contributed by atoms with Crippen LogP contribution in [0.1, 0.15) is 68.0 Å². The maximum Gasteiger partial charge on any atom is 0.337 e. The molecular weight excluding hydrogens is 434 g/mol. The largest absolute Gasteiger partial charge is 0.478 e. The fraction of sp³-hybridized carbons (Fsp3) is 0.481. The average Bonchev–Trinajstić information content (AvgIpc) is 3.19. The number of anilines is 1. The van der Waals surface area contributed by atoms with E-state index in [2.05, 4.69) is 0 Å². The van der Waals surface area contributed by atoms with Gasteiger partial charge in [-0.1, -0.05) is 25.3 Å². The van der Waals surface area contributed by atoms with Crippen molar-refractivity contribution in [3.8, 4) is 0 Å². The molecule has 2 aromatic carbocycles. The molecule has 1 unspecified atom stereocenters. The van der Waals surface area contributed by atoms with Crippen molar-refractivity contribution in [2.45, 2.75) is 58.1 Å². The van der Waals surface area contributed by atoms with E-state index in [4.69, 9.17) is 13.9 Å². The summed E-state index contributed by atoms with van der Waals surface area (Å²) in [5.41, 5.74) is 2.54. The molecule has 1 atom stereocenters. The molecular formula is C27H33NO6. The Hall–Kier alpha value is -2.90. The van der Waals surface area contributed by atoms with Crippen LogP contribution in [0.15, 0.2) is 34.7 Å². The lowest BCUT2D eigenvalue weighted by molar-refractivity contribution is -0.123. The van der Waals surface area contributed by atoms with E-state index in [0.29, 0.717) is 23.5 Å². The fourth-order valence-electron chi connectivity index (χ4n) is 5.05. The van der Waals surface area contributed by atoms with Gasteiger partial charge in [-0.2, -0.15) is 0 Å². The smallest absolute Gasteiger partial charge is 0.337 e. The highest BCUT2D eigenvalue weighted by Crippen LogP contribution is 2.38. The molecule has 1 heterocycles. The van der Waals surface area contributed by atoms with Crippen molar-refractivity contribution in [2.24, 2.45) is 5.92 Å². The van der Waals surface area contributed by atoms with E-state index in [1.165, 1.54) is 0 Å². The Labute approximate surface area is 199 Å². The van der Waals surface area contributed by atoms with E-state index >= 15 is 0 Å². The summed E-state index contributed by atoms with van der Waals surface area (Å²) < 4.78 is 16.9. The van der Waals surface area contributed by atoms with Gasteiger partial charge in [-0.05, 0) is 56.5 Å². The molecule has 1 amide bonds. The molecule has 4 rings (SSSR count). The zero-order valence-corrected chi connectivity index (χ0v) is 20.3. The molecule has 1 aliphatic rings. The molecule has 1 N–H and O–H groups in total. The average molecular weight is 468 g/mol. The Morgan fingerprint density at radius 1 is 1.06 bits per heavy atom. The summed E-state index contributed by atoms with van der Waals surface area (Å²) in [6.45, 7) is 4.26. The van der Waals surface area contributed by atoms with Crippen molar-refractivity contribution in [1.82, 2.24) is 0 Å². The molecule has 3 aromatic rings. The van der Waals surface area contributed by atoms with Crippen LogP contribution in [0, 0.1) is 5.92 Å². The molecule has 1 saturated carbocycles. The predicted octanol–water partition coefficient (Wildman–Crippen LogP) is 5.94. The highest BCUT2D eigenvalue weighted by atomic mass is 16.5. The number of benzene rings is 2. The van der Waals surface area contributed by atoms with Crippen molar-refractivity contribution in [3.05, 3.63) is 41.5 Å². The summed E-state index contributed by atoms with van der Waals surface area (Å²) in [5.74, 6) is -1.15. The number of methoxy groups -OCH3 is 2. The first-order valence-electron chi connectivity index (χ1n) is 11.9. The molecule has 0 spiro atoms. The minimum atomic E-state index is -1.08. The molecule has 7 nitrogen and oxygen atoms in total. The maximum absolute atomic E-state index is 13.6. The number of furan rings is 1. The van der Waals surface area contributed by atoms with Gasteiger partial charge >= 0.3 is 5.97 Å². The first-order chi connectivity index (χ1) is 16.3. The van der Waals surface area contributed by atoms with Crippen LogP contribution >= 0.6 is 0 Å². The van der Waals surface area contributed by atoms with Crippen LogP contribution in [-0.2, 0) is 14.3 Å². The normalized spacial score (nSPS) is 15.8. The van der Waals surface area contributed by atoms with Gasteiger partial charge in [-0.3, -0.25) is 4.79 Å². The van der Waals surface area contributed by atoms with Crippen molar-refractivity contribution < 1.29 is 28.6 Å². The molecule has 0 aliphatic heterocycles. The Morgan fingerprint density at radius 2 is 1.76 bits per heavy atom. The van der Waals surface area contributed by atoms with Crippen LogP contribution in [-0.4, -0.2) is 43.9 Å². The molecule has 1 aromatic heterocycles. The highest BCUT2D eigenvalue weighted by molar-refractivity contribution is 6.12. The SMILES string of the molecule is COCC(OC)c1ccc2oc3cc(C(=O)O)c(N(C(=O)C4CCCCC4)C(C)C)cc3c2c1. The number of aromatic carboxylic acids is 1. The third-order valence-corrected chi connectivity index (χ3v) is 6.78. The number of fused-ring (bicyclic) bond motifs is 3. The van der Waals surface area contributed by atoms with Gasteiger partial charge in [-0.15, -0.1) is 0 Å². The Morgan fingerprint density at radius 3 is 2.38 bits per heavy atom. The molecule has 7 heteroatoms. The van der Waals surface area contributed by atoms with Crippen molar-refractivity contribution in [2.75, 3.05) is 25.7 Å². The van der Waals surface area contributed by atoms with Crippen molar-refractivity contribution >= 4 is 39.5 Å². The van der Waals surface area contributed by atoms with Crippen LogP contribution in [0.5, 0.6) is 0 Å². The Kier molecular flexibility index (Phi) is 7.24. The number of carboxylic acids is 1. The summed E-state index contributed by atoms with van der Waals surface area (Å²) in [6, 6.07) is 8.93. The lowest BCUT2D eigenvalue weighted by atomic mass is 9.87. The number of hydrogen-bond acceptors (Lipinski definition) is 5. The van der Waals surface area contributed by atoms with Crippen LogP contribution in [0.3, 0.4) is 0 Å². The van der Waals surface area contributed by atoms with E-state index in [1.54, 1.807) is 31.3 Å². The maximum atomic E-state index is 13.6. The third kappa shape index (κ3) is 4.55. The summed E-state index contributed by atoms with van der Waals surface area (Å²) in [7, 11) is 3.26. The van der Waals surface area contributed by atoms with Crippen molar-refractivity contribution in [3.63, 3.8) is 0 Å². The van der Waals surface area contributed by atoms with E-state index < -0.39 is 5.97 Å². The standard InChI is InChI=1S/C27H33NO6/c1-16(2)28(26(29)17-8-6-5-7-9-17)22-13-20-19-12-18(25(33-4)15-32-3)10-11-23(19)34-24(20)14-21(22)27(30)31/h10-14,16-17,25H,5-9,15H2,1-4H3,(H,30,31). The fourth-order valence-corrected chi connectivity index (χ4v) is 5.05. The molecule has 1 fully saturated rings. The number of ether oxygens (including phenoxy) is 2. The second-order valence-corrected chi connectivity index (χ2v) is 9.34. The molecule has 1 aliphatic carbocycles. The lowest BCUT2D eigenvalue weighted by Gasteiger charge is -2.33. The number of carbonyl (C=O) groups is 2. The van der Waals surface area contributed by atoms with Crippen molar-refractivity contribution in [1.29, 1.82) is 0 Å². The Balaban J connectivity index is 1.88. The Bertz CT molecular complexity index is 1190. The second-order valence-electron chi connectivity index (χ2n) is 9.34. The van der Waals surface area contributed by atoms with Crippen LogP contribution in [0.25, 0.3) is 21.9 Å². The van der Waals surface area contributed by atoms with Gasteiger partial charge in [0.1, 0.15) is 17.3 Å². The minimum absolute atomic E-state index is 0.00424. The predicted molar refractivity (Wildman–Crippen MR) is 132 cm³/mol. The summed E-state index contributed by atoms with van der Waals surface area (Å²) in [4.78, 5) is 27.5. The third-order valence-electron chi connectivity index (χ3n) is 6.78. The molecule has 0 bridgehead atoms. The first kappa shape index (κ1) is 24.2. The highest BCUT2D eigenvalue weighted by Gasteiger charge is 2.31. The molecule has 34 heavy (non-hydrogen) atoms. The zero-order chi connectivity index (χ0) is 24.4. The van der Waals surface area contributed by atoms with Gasteiger partial charge in [0.15, 0.2) is 0 Å². The molecule has 0 radical (unpaired) electrons. The van der Waals surface area contributed by atoms with E-state index in [0.717, 1.165) is 48.4 Å². The minimum Gasteiger partial charge on any atom is -0.478 e. The van der Waals surface area contributed by atoms with Crippen LogP contribution < -0.4 is 4.90 Å². The number of nitrogens with zero attached hydrogens (tertiary/aromatic N) is 1. The van der Waals surface area contributed by atoms with E-state index in [-0.39, 0.29) is 29.5 Å². The van der Waals surface area contributed by atoms with Crippen LogP contribution in [0.4, 0.5) is 5.69 Å². The van der Waals surface area contributed by atoms with Gasteiger partial charge < -0.3 is 23.9 Å². The molecule has 182 valence electrons. The zero-order valence-electron chi connectivity index (χ0n) is 20.3. The second kappa shape index (κ2) is 10.2. The van der Waals surface area contributed by atoms with Gasteiger partial charge in [0.05, 0.1) is 17.9 Å². The first-order valence-corrected chi connectivity index (χ1v) is 11.9. The number of amides is 1. The number of rotatable bonds is 8. The summed E-state index contributed by atoms with van der Waals surface area (Å²) >= 11 is 0. The number of carbonyl (C=O) groups excluding carboxylic acids is 1. The summed E-state index contributed by atoms with van der Waals surface area (Å²) in [6.07, 6.45) is 4.67. The van der Waals surface area contributed by atoms with Gasteiger partial charge in [0.2, 0.25) is 5.91 Å². The van der Waals surface area contributed by atoms with E-state index in [1.807, 2.05) is 32.0 Å². The van der Waals surface area contributed by atoms with Gasteiger partial charge in [0.25, 0.3) is 0 Å². The van der Waals surface area contributed by atoms with Gasteiger partial charge in [0, 0.05) is 37.0 Å². The van der Waals surface area contributed by atoms with Gasteiger partial charge in [-0.25, -0.2) is 4.79 Å². The van der Waals surface area contributed by atoms with E-state index in [9.17, 15) is 14.7 Å². The lowest BCUT2D eigenvalue weighted by Crippen LogP contribution is -2.42. The number of hydrogen-bond donors (Lipinski definition) is 1. The quantitative estimate of drug-likeness (QED) is 0.441. The van der Waals surface area contributed by atoms with Crippen LogP contribution in [0.2, 0.25) is 0 Å². The summed E-state index contributed by atoms with van der Waals surface area (Å²) in [5, 5.41) is 11.6. The number of carboxylic acid groups (broad SMARTS) is 1.